The lowest BCUT2D eigenvalue weighted by Crippen LogP contribution is -2.53. The van der Waals surface area contributed by atoms with Crippen LogP contribution >= 0.6 is 39.1 Å². The van der Waals surface area contributed by atoms with Crippen LogP contribution in [0.15, 0.2) is 77.3 Å². The minimum Gasteiger partial charge on any atom is -0.354 e. The molecule has 0 heterocycles. The van der Waals surface area contributed by atoms with Gasteiger partial charge in [-0.25, -0.2) is 8.42 Å². The molecular formula is C29H32BrCl2N3O4S. The fraction of sp³-hybridized carbons (Fsp3) is 0.310. The molecule has 2 amide bonds. The highest BCUT2D eigenvalue weighted by molar-refractivity contribution is 9.10. The third-order valence-corrected chi connectivity index (χ3v) is 8.65. The topological polar surface area (TPSA) is 86.8 Å². The van der Waals surface area contributed by atoms with E-state index in [4.69, 9.17) is 23.2 Å². The van der Waals surface area contributed by atoms with E-state index >= 15 is 0 Å². The van der Waals surface area contributed by atoms with Crippen molar-refractivity contribution in [3.63, 3.8) is 0 Å². The first-order valence-electron chi connectivity index (χ1n) is 12.8. The van der Waals surface area contributed by atoms with Gasteiger partial charge in [0.2, 0.25) is 21.8 Å². The quantitative estimate of drug-likeness (QED) is 0.224. The minimum absolute atomic E-state index is 0.101. The highest BCUT2D eigenvalue weighted by Gasteiger charge is 2.33. The standard InChI is InChI=1S/C29H32BrCl2N3O4S/c1-3-4-16-33-29(37)27(17-21-8-6-5-7-9-21)34(19-22-10-12-23(30)13-11-22)28(36)20-35(40(2,38)39)24-14-15-25(31)26(32)18-24/h5-15,18,27H,3-4,16-17,19-20H2,1-2H3,(H,33,37). The molecule has 3 aromatic rings. The van der Waals surface area contributed by atoms with Crippen molar-refractivity contribution in [2.24, 2.45) is 0 Å². The van der Waals surface area contributed by atoms with Gasteiger partial charge in [-0.15, -0.1) is 0 Å². The second-order valence-corrected chi connectivity index (χ2v) is 13.0. The summed E-state index contributed by atoms with van der Waals surface area (Å²) >= 11 is 15.6. The van der Waals surface area contributed by atoms with Gasteiger partial charge in [0.1, 0.15) is 12.6 Å². The molecule has 1 atom stereocenters. The molecule has 0 aromatic heterocycles. The van der Waals surface area contributed by atoms with Crippen LogP contribution in [0.2, 0.25) is 10.0 Å². The summed E-state index contributed by atoms with van der Waals surface area (Å²) in [6, 6.07) is 20.3. The first-order valence-corrected chi connectivity index (χ1v) is 16.2. The summed E-state index contributed by atoms with van der Waals surface area (Å²) in [6.07, 6.45) is 2.97. The van der Waals surface area contributed by atoms with Gasteiger partial charge in [-0.1, -0.05) is 94.9 Å². The maximum atomic E-state index is 14.0. The molecule has 0 aliphatic carbocycles. The van der Waals surface area contributed by atoms with E-state index in [0.29, 0.717) is 6.54 Å². The molecule has 0 spiro atoms. The highest BCUT2D eigenvalue weighted by atomic mass is 79.9. The van der Waals surface area contributed by atoms with E-state index in [0.717, 1.165) is 39.0 Å². The number of hydrogen-bond donors (Lipinski definition) is 1. The third-order valence-electron chi connectivity index (χ3n) is 6.24. The lowest BCUT2D eigenvalue weighted by Gasteiger charge is -2.33. The number of carbonyl (C=O) groups excluding carboxylic acids is 2. The molecule has 0 aliphatic heterocycles. The van der Waals surface area contributed by atoms with Crippen molar-refractivity contribution in [3.05, 3.63) is 98.4 Å². The molecule has 7 nitrogen and oxygen atoms in total. The van der Waals surface area contributed by atoms with Crippen LogP contribution in [-0.2, 0) is 32.6 Å². The van der Waals surface area contributed by atoms with Crippen LogP contribution < -0.4 is 9.62 Å². The lowest BCUT2D eigenvalue weighted by molar-refractivity contribution is -0.140. The second-order valence-electron chi connectivity index (χ2n) is 9.37. The maximum absolute atomic E-state index is 14.0. The van der Waals surface area contributed by atoms with Gasteiger partial charge in [-0.05, 0) is 47.9 Å². The number of benzene rings is 3. The number of halogens is 3. The summed E-state index contributed by atoms with van der Waals surface area (Å²) in [6.45, 7) is 2.07. The Morgan fingerprint density at radius 2 is 1.62 bits per heavy atom. The van der Waals surface area contributed by atoms with E-state index in [1.165, 1.54) is 23.1 Å². The number of carbonyl (C=O) groups is 2. The number of anilines is 1. The Kier molecular flexibility index (Phi) is 11.9. The summed E-state index contributed by atoms with van der Waals surface area (Å²) in [7, 11) is -3.90. The number of amides is 2. The Hall–Kier alpha value is -2.59. The molecule has 214 valence electrons. The summed E-state index contributed by atoms with van der Waals surface area (Å²) in [5.74, 6) is -0.839. The molecule has 3 aromatic carbocycles. The first kappa shape index (κ1) is 31.9. The summed E-state index contributed by atoms with van der Waals surface area (Å²) < 4.78 is 27.5. The van der Waals surface area contributed by atoms with Gasteiger partial charge in [-0.3, -0.25) is 13.9 Å². The SMILES string of the molecule is CCCCNC(=O)C(Cc1ccccc1)N(Cc1ccc(Br)cc1)C(=O)CN(c1ccc(Cl)c(Cl)c1)S(C)(=O)=O. The largest absolute Gasteiger partial charge is 0.354 e. The van der Waals surface area contributed by atoms with Gasteiger partial charge in [-0.2, -0.15) is 0 Å². The van der Waals surface area contributed by atoms with Gasteiger partial charge in [0.15, 0.2) is 0 Å². The summed E-state index contributed by atoms with van der Waals surface area (Å²) in [4.78, 5) is 29.1. The van der Waals surface area contributed by atoms with E-state index in [2.05, 4.69) is 21.2 Å². The zero-order chi connectivity index (χ0) is 29.3. The Morgan fingerprint density at radius 1 is 0.950 bits per heavy atom. The molecule has 0 saturated heterocycles. The van der Waals surface area contributed by atoms with Crippen LogP contribution in [0.5, 0.6) is 0 Å². The predicted molar refractivity (Wildman–Crippen MR) is 165 cm³/mol. The van der Waals surface area contributed by atoms with Crippen LogP contribution in [-0.4, -0.2) is 50.5 Å². The van der Waals surface area contributed by atoms with Crippen LogP contribution in [0.25, 0.3) is 0 Å². The van der Waals surface area contributed by atoms with Crippen molar-refractivity contribution in [2.75, 3.05) is 23.7 Å². The molecule has 0 fully saturated rings. The number of nitrogens with one attached hydrogen (secondary N) is 1. The van der Waals surface area contributed by atoms with Crippen molar-refractivity contribution in [3.8, 4) is 0 Å². The highest BCUT2D eigenvalue weighted by Crippen LogP contribution is 2.29. The smallest absolute Gasteiger partial charge is 0.244 e. The van der Waals surface area contributed by atoms with Crippen molar-refractivity contribution in [2.45, 2.75) is 38.8 Å². The average molecular weight is 669 g/mol. The molecule has 40 heavy (non-hydrogen) atoms. The zero-order valence-electron chi connectivity index (χ0n) is 22.3. The molecule has 1 N–H and O–H groups in total. The van der Waals surface area contributed by atoms with Gasteiger partial charge in [0, 0.05) is 24.0 Å². The normalized spacial score (nSPS) is 12.0. The molecule has 11 heteroatoms. The van der Waals surface area contributed by atoms with E-state index in [-0.39, 0.29) is 34.6 Å². The van der Waals surface area contributed by atoms with E-state index in [1.807, 2.05) is 61.5 Å². The second kappa shape index (κ2) is 14.9. The maximum Gasteiger partial charge on any atom is 0.244 e. The lowest BCUT2D eigenvalue weighted by atomic mass is 10.0. The van der Waals surface area contributed by atoms with Gasteiger partial charge in [0.05, 0.1) is 22.0 Å². The number of hydrogen-bond acceptors (Lipinski definition) is 4. The summed E-state index contributed by atoms with van der Waals surface area (Å²) in [5.41, 5.74) is 1.86. The third kappa shape index (κ3) is 9.23. The van der Waals surface area contributed by atoms with E-state index in [9.17, 15) is 18.0 Å². The molecule has 3 rings (SSSR count). The van der Waals surface area contributed by atoms with Crippen molar-refractivity contribution < 1.29 is 18.0 Å². The molecular weight excluding hydrogens is 637 g/mol. The number of nitrogens with zero attached hydrogens (tertiary/aromatic N) is 2. The average Bonchev–Trinajstić information content (AvgIpc) is 2.92. The summed E-state index contributed by atoms with van der Waals surface area (Å²) in [5, 5.41) is 3.37. The van der Waals surface area contributed by atoms with Gasteiger partial charge >= 0.3 is 0 Å². The van der Waals surface area contributed by atoms with E-state index < -0.39 is 28.5 Å². The van der Waals surface area contributed by atoms with Crippen LogP contribution in [0.3, 0.4) is 0 Å². The first-order chi connectivity index (χ1) is 19.0. The van der Waals surface area contributed by atoms with Crippen LogP contribution in [0.4, 0.5) is 5.69 Å². The van der Waals surface area contributed by atoms with Crippen molar-refractivity contribution in [1.82, 2.24) is 10.2 Å². The van der Waals surface area contributed by atoms with Crippen LogP contribution in [0.1, 0.15) is 30.9 Å². The van der Waals surface area contributed by atoms with Crippen molar-refractivity contribution in [1.29, 1.82) is 0 Å². The molecule has 0 radical (unpaired) electrons. The Balaban J connectivity index is 2.03. The van der Waals surface area contributed by atoms with E-state index in [1.54, 1.807) is 0 Å². The number of rotatable bonds is 13. The molecule has 0 aliphatic rings. The van der Waals surface area contributed by atoms with Gasteiger partial charge < -0.3 is 10.2 Å². The Bertz CT molecular complexity index is 1410. The van der Waals surface area contributed by atoms with Crippen molar-refractivity contribution >= 4 is 66.7 Å². The number of unbranched alkanes of at least 4 members (excludes halogenated alkanes) is 1. The monoisotopic (exact) mass is 667 g/mol. The Labute approximate surface area is 254 Å². The number of sulfonamides is 1. The Morgan fingerprint density at radius 3 is 2.23 bits per heavy atom. The fourth-order valence-electron chi connectivity index (χ4n) is 4.10. The van der Waals surface area contributed by atoms with Gasteiger partial charge in [0.25, 0.3) is 0 Å². The minimum atomic E-state index is -3.90. The predicted octanol–water partition coefficient (Wildman–Crippen LogP) is 6.08. The molecule has 0 saturated carbocycles. The fourth-order valence-corrected chi connectivity index (χ4v) is 5.50. The van der Waals surface area contributed by atoms with Crippen LogP contribution in [0, 0.1) is 0 Å². The molecule has 0 bridgehead atoms. The molecule has 1 unspecified atom stereocenters. The zero-order valence-corrected chi connectivity index (χ0v) is 26.2.